The number of fused-ring (bicyclic) bond motifs is 1. The Morgan fingerprint density at radius 2 is 2.23 bits per heavy atom. The van der Waals surface area contributed by atoms with Gasteiger partial charge in [0.1, 0.15) is 6.07 Å². The van der Waals surface area contributed by atoms with Crippen molar-refractivity contribution in [3.8, 4) is 6.07 Å². The maximum Gasteiger partial charge on any atom is 0.341 e. The van der Waals surface area contributed by atoms with E-state index in [9.17, 15) is 10.1 Å². The fourth-order valence-electron chi connectivity index (χ4n) is 2.34. The molecule has 4 nitrogen and oxygen atoms in total. The van der Waals surface area contributed by atoms with E-state index in [2.05, 4.69) is 27.8 Å². The van der Waals surface area contributed by atoms with E-state index < -0.39 is 5.97 Å². The van der Waals surface area contributed by atoms with Gasteiger partial charge in [0.05, 0.1) is 28.3 Å². The molecular formula is C16H16BrClN2O2. The number of carbonyl (C=O) groups excluding carboxylic acids is 1. The Bertz CT molecular complexity index is 762. The van der Waals surface area contributed by atoms with Gasteiger partial charge in [-0.25, -0.2) is 4.79 Å². The summed E-state index contributed by atoms with van der Waals surface area (Å²) in [5.74, 6) is -0.587. The molecule has 0 radical (unpaired) electrons. The number of aryl methyl sites for hydroxylation is 1. The molecular weight excluding hydrogens is 368 g/mol. The van der Waals surface area contributed by atoms with Crippen LogP contribution in [0.25, 0.3) is 10.9 Å². The summed E-state index contributed by atoms with van der Waals surface area (Å²) in [6.07, 6.45) is 3.03. The number of benzene rings is 1. The summed E-state index contributed by atoms with van der Waals surface area (Å²) in [5, 5.41) is 10.4. The van der Waals surface area contributed by atoms with Crippen molar-refractivity contribution in [3.63, 3.8) is 0 Å². The molecule has 1 N–H and O–H groups in total. The Morgan fingerprint density at radius 3 is 2.82 bits per heavy atom. The summed E-state index contributed by atoms with van der Waals surface area (Å²) in [6, 6.07) is 4.01. The number of halogens is 2. The molecule has 0 saturated carbocycles. The topological polar surface area (TPSA) is 65.9 Å². The normalized spacial score (nSPS) is 10.7. The average molecular weight is 384 g/mol. The van der Waals surface area contributed by atoms with Gasteiger partial charge in [-0.1, -0.05) is 24.9 Å². The number of unbranched alkanes of at least 4 members (excludes halogenated alkanes) is 1. The van der Waals surface area contributed by atoms with Crippen molar-refractivity contribution in [1.29, 1.82) is 5.26 Å². The van der Waals surface area contributed by atoms with Gasteiger partial charge in [-0.2, -0.15) is 5.26 Å². The molecule has 116 valence electrons. The van der Waals surface area contributed by atoms with Crippen LogP contribution in [0.1, 0.15) is 48.3 Å². The number of nitrogens with zero attached hydrogens (tertiary/aromatic N) is 1. The van der Waals surface area contributed by atoms with E-state index in [1.165, 1.54) is 0 Å². The average Bonchev–Trinajstić information content (AvgIpc) is 2.93. The van der Waals surface area contributed by atoms with E-state index in [1.807, 2.05) is 12.1 Å². The first-order chi connectivity index (χ1) is 10.5. The van der Waals surface area contributed by atoms with Crippen LogP contribution in [0.15, 0.2) is 10.5 Å². The summed E-state index contributed by atoms with van der Waals surface area (Å²) >= 11 is 9.79. The first-order valence-electron chi connectivity index (χ1n) is 7.14. The van der Waals surface area contributed by atoms with Crippen LogP contribution in [-0.2, 0) is 11.2 Å². The Kier molecular flexibility index (Phi) is 5.49. The highest BCUT2D eigenvalue weighted by atomic mass is 79.9. The Balaban J connectivity index is 2.68. The Labute approximate surface area is 142 Å². The minimum atomic E-state index is -0.587. The zero-order valence-electron chi connectivity index (χ0n) is 12.4. The number of nitriles is 1. The van der Waals surface area contributed by atoms with Crippen molar-refractivity contribution in [2.75, 3.05) is 6.61 Å². The fourth-order valence-corrected chi connectivity index (χ4v) is 3.26. The fraction of sp³-hybridized carbons (Fsp3) is 0.375. The summed E-state index contributed by atoms with van der Waals surface area (Å²) in [4.78, 5) is 15.4. The number of carbonyl (C=O) groups is 1. The largest absolute Gasteiger partial charge is 0.462 e. The number of esters is 1. The number of nitrogens with one attached hydrogen (secondary N) is 1. The minimum absolute atomic E-state index is 0.106. The summed E-state index contributed by atoms with van der Waals surface area (Å²) in [6.45, 7) is 4.06. The van der Waals surface area contributed by atoms with Gasteiger partial charge in [0.15, 0.2) is 0 Å². The zero-order valence-corrected chi connectivity index (χ0v) is 14.8. The highest BCUT2D eigenvalue weighted by Gasteiger charge is 2.24. The van der Waals surface area contributed by atoms with Gasteiger partial charge in [0, 0.05) is 15.6 Å². The summed E-state index contributed by atoms with van der Waals surface area (Å²) in [7, 11) is 0. The summed E-state index contributed by atoms with van der Waals surface area (Å²) in [5.41, 5.74) is 2.00. The number of hydrogen-bond donors (Lipinski definition) is 1. The van der Waals surface area contributed by atoms with Crippen molar-refractivity contribution >= 4 is 44.4 Å². The zero-order chi connectivity index (χ0) is 16.3. The number of ether oxygens (including phenoxy) is 1. The van der Waals surface area contributed by atoms with E-state index in [0.29, 0.717) is 9.99 Å². The summed E-state index contributed by atoms with van der Waals surface area (Å²) < 4.78 is 5.58. The third-order valence-electron chi connectivity index (χ3n) is 3.41. The van der Waals surface area contributed by atoms with Crippen LogP contribution < -0.4 is 0 Å². The molecule has 2 rings (SSSR count). The predicted molar refractivity (Wildman–Crippen MR) is 90.3 cm³/mol. The van der Waals surface area contributed by atoms with Crippen molar-refractivity contribution < 1.29 is 9.53 Å². The van der Waals surface area contributed by atoms with Crippen LogP contribution in [0.3, 0.4) is 0 Å². The van der Waals surface area contributed by atoms with Gasteiger partial charge in [0.2, 0.25) is 0 Å². The third kappa shape index (κ3) is 2.99. The highest BCUT2D eigenvalue weighted by molar-refractivity contribution is 9.10. The van der Waals surface area contributed by atoms with Crippen LogP contribution in [0, 0.1) is 11.3 Å². The quantitative estimate of drug-likeness (QED) is 0.741. The van der Waals surface area contributed by atoms with Gasteiger partial charge in [-0.15, -0.1) is 0 Å². The maximum atomic E-state index is 12.1. The second kappa shape index (κ2) is 7.17. The molecule has 2 aromatic rings. The lowest BCUT2D eigenvalue weighted by Gasteiger charge is -2.09. The minimum Gasteiger partial charge on any atom is -0.462 e. The van der Waals surface area contributed by atoms with Gasteiger partial charge in [0.25, 0.3) is 0 Å². The van der Waals surface area contributed by atoms with E-state index in [-0.39, 0.29) is 22.8 Å². The lowest BCUT2D eigenvalue weighted by atomic mass is 10.1. The van der Waals surface area contributed by atoms with Gasteiger partial charge < -0.3 is 9.72 Å². The molecule has 0 spiro atoms. The molecule has 0 amide bonds. The lowest BCUT2D eigenvalue weighted by molar-refractivity contribution is 0.0526. The van der Waals surface area contributed by atoms with Crippen molar-refractivity contribution in [3.05, 3.63) is 32.4 Å². The van der Waals surface area contributed by atoms with E-state index in [0.717, 1.165) is 30.3 Å². The van der Waals surface area contributed by atoms with Gasteiger partial charge in [-0.3, -0.25) is 0 Å². The molecule has 0 aliphatic heterocycles. The molecule has 0 aliphatic carbocycles. The Hall–Kier alpha value is -1.51. The van der Waals surface area contributed by atoms with Crippen LogP contribution in [0.2, 0.25) is 5.02 Å². The molecule has 22 heavy (non-hydrogen) atoms. The Morgan fingerprint density at radius 1 is 1.50 bits per heavy atom. The number of aromatic amines is 1. The van der Waals surface area contributed by atoms with Crippen LogP contribution in [-0.4, -0.2) is 17.6 Å². The lowest BCUT2D eigenvalue weighted by Crippen LogP contribution is -2.09. The van der Waals surface area contributed by atoms with Gasteiger partial charge >= 0.3 is 5.97 Å². The standard InChI is InChI=1S/C16H16BrClN2O2/c1-3-5-6-9-7-10-13(17)11(8-19)12(16(21)22-4-2)14(18)15(10)20-9/h7,20H,3-6H2,1-2H3. The number of aromatic nitrogens is 1. The van der Waals surface area contributed by atoms with E-state index in [1.54, 1.807) is 6.92 Å². The van der Waals surface area contributed by atoms with Gasteiger partial charge in [-0.05, 0) is 41.8 Å². The molecule has 0 saturated heterocycles. The van der Waals surface area contributed by atoms with E-state index >= 15 is 0 Å². The third-order valence-corrected chi connectivity index (χ3v) is 4.61. The number of rotatable bonds is 5. The maximum absolute atomic E-state index is 12.1. The van der Waals surface area contributed by atoms with Crippen molar-refractivity contribution in [2.45, 2.75) is 33.1 Å². The first kappa shape index (κ1) is 16.9. The molecule has 0 atom stereocenters. The molecule has 1 aromatic heterocycles. The molecule has 0 aliphatic rings. The highest BCUT2D eigenvalue weighted by Crippen LogP contribution is 2.37. The SMILES string of the molecule is CCCCc1cc2c(Br)c(C#N)c(C(=O)OCC)c(Cl)c2[nH]1. The smallest absolute Gasteiger partial charge is 0.341 e. The first-order valence-corrected chi connectivity index (χ1v) is 8.31. The van der Waals surface area contributed by atoms with Crippen molar-refractivity contribution in [1.82, 2.24) is 4.98 Å². The number of H-pyrrole nitrogens is 1. The molecule has 1 heterocycles. The van der Waals surface area contributed by atoms with Crippen LogP contribution in [0.4, 0.5) is 0 Å². The van der Waals surface area contributed by atoms with Crippen LogP contribution in [0.5, 0.6) is 0 Å². The monoisotopic (exact) mass is 382 g/mol. The van der Waals surface area contributed by atoms with Crippen molar-refractivity contribution in [2.24, 2.45) is 0 Å². The second-order valence-corrected chi connectivity index (χ2v) is 6.07. The van der Waals surface area contributed by atoms with E-state index in [4.69, 9.17) is 16.3 Å². The molecule has 0 fully saturated rings. The molecule has 6 heteroatoms. The molecule has 1 aromatic carbocycles. The van der Waals surface area contributed by atoms with Crippen LogP contribution >= 0.6 is 27.5 Å². The molecule has 0 bridgehead atoms. The predicted octanol–water partition coefficient (Wildman–Crippen LogP) is 4.97. The number of hydrogen-bond acceptors (Lipinski definition) is 3. The second-order valence-electron chi connectivity index (χ2n) is 4.90. The molecule has 0 unspecified atom stereocenters.